The average molecular weight is 217 g/mol. The van der Waals surface area contributed by atoms with Gasteiger partial charge in [0.15, 0.2) is 11.0 Å². The number of aromatic amines is 1. The van der Waals surface area contributed by atoms with E-state index in [-0.39, 0.29) is 11.0 Å². The molecular formula is C8H3ClF2N2O. The molecule has 0 fully saturated rings. The lowest BCUT2D eigenvalue weighted by Crippen LogP contribution is -2.09. The smallest absolute Gasteiger partial charge is 0.286 e. The van der Waals surface area contributed by atoms with Gasteiger partial charge in [-0.3, -0.25) is 4.79 Å². The summed E-state index contributed by atoms with van der Waals surface area (Å²) < 4.78 is 26.1. The first-order chi connectivity index (χ1) is 6.59. The molecule has 1 aromatic heterocycles. The number of H-pyrrole nitrogens is 1. The molecule has 6 heteroatoms. The van der Waals surface area contributed by atoms with Crippen molar-refractivity contribution in [1.82, 2.24) is 9.97 Å². The molecule has 1 N–H and O–H groups in total. The van der Waals surface area contributed by atoms with E-state index in [1.165, 1.54) is 0 Å². The van der Waals surface area contributed by atoms with Crippen molar-refractivity contribution in [3.63, 3.8) is 0 Å². The van der Waals surface area contributed by atoms with Crippen LogP contribution in [0.25, 0.3) is 11.0 Å². The number of halogens is 3. The van der Waals surface area contributed by atoms with Gasteiger partial charge in [0.05, 0.1) is 0 Å². The highest BCUT2D eigenvalue weighted by atomic mass is 35.5. The van der Waals surface area contributed by atoms with E-state index in [0.717, 1.165) is 12.1 Å². The number of nitrogens with one attached hydrogen (secondary N) is 1. The second-order valence-corrected chi connectivity index (χ2v) is 2.97. The molecule has 0 aliphatic heterocycles. The molecule has 1 heterocycles. The summed E-state index contributed by atoms with van der Waals surface area (Å²) in [5, 5.41) is -0.415. The zero-order valence-corrected chi connectivity index (χ0v) is 7.40. The van der Waals surface area contributed by atoms with Crippen molar-refractivity contribution in [2.24, 2.45) is 0 Å². The van der Waals surface area contributed by atoms with Crippen LogP contribution in [0.4, 0.5) is 8.78 Å². The van der Waals surface area contributed by atoms with Gasteiger partial charge in [-0.05, 0) is 12.1 Å². The highest BCUT2D eigenvalue weighted by Crippen LogP contribution is 2.16. The van der Waals surface area contributed by atoms with E-state index in [2.05, 4.69) is 9.97 Å². The van der Waals surface area contributed by atoms with Crippen molar-refractivity contribution in [3.05, 3.63) is 39.3 Å². The van der Waals surface area contributed by atoms with Crippen LogP contribution in [0.3, 0.4) is 0 Å². The lowest BCUT2D eigenvalue weighted by molar-refractivity contribution is 0.612. The number of hydrogen-bond acceptors (Lipinski definition) is 2. The largest absolute Gasteiger partial charge is 0.315 e. The highest BCUT2D eigenvalue weighted by Gasteiger charge is 2.10. The van der Waals surface area contributed by atoms with Gasteiger partial charge in [0.1, 0.15) is 16.9 Å². The molecule has 0 aliphatic carbocycles. The summed E-state index contributed by atoms with van der Waals surface area (Å²) in [5.41, 5.74) is -1.31. The summed E-state index contributed by atoms with van der Waals surface area (Å²) in [6.45, 7) is 0. The first-order valence-electron chi connectivity index (χ1n) is 3.63. The van der Waals surface area contributed by atoms with E-state index in [1.54, 1.807) is 0 Å². The molecule has 1 aromatic carbocycles. The Balaban J connectivity index is 3.01. The molecule has 0 saturated carbocycles. The molecule has 0 spiro atoms. The van der Waals surface area contributed by atoms with E-state index in [1.807, 2.05) is 0 Å². The van der Waals surface area contributed by atoms with Gasteiger partial charge in [0, 0.05) is 0 Å². The number of aromatic nitrogens is 2. The van der Waals surface area contributed by atoms with Crippen molar-refractivity contribution in [3.8, 4) is 0 Å². The van der Waals surface area contributed by atoms with Gasteiger partial charge in [-0.25, -0.2) is 13.8 Å². The summed E-state index contributed by atoms with van der Waals surface area (Å²) in [6.07, 6.45) is 0. The fraction of sp³-hybridized carbons (Fsp3) is 0. The summed E-state index contributed by atoms with van der Waals surface area (Å²) in [5.74, 6) is -1.48. The minimum Gasteiger partial charge on any atom is -0.315 e. The molecule has 0 amide bonds. The van der Waals surface area contributed by atoms with E-state index < -0.39 is 22.3 Å². The molecule has 0 radical (unpaired) electrons. The van der Waals surface area contributed by atoms with Crippen molar-refractivity contribution in [2.75, 3.05) is 0 Å². The molecule has 14 heavy (non-hydrogen) atoms. The number of benzene rings is 1. The van der Waals surface area contributed by atoms with Crippen molar-refractivity contribution < 1.29 is 8.78 Å². The van der Waals surface area contributed by atoms with Crippen LogP contribution >= 0.6 is 11.6 Å². The Morgan fingerprint density at radius 3 is 2.64 bits per heavy atom. The maximum Gasteiger partial charge on any atom is 0.286 e. The van der Waals surface area contributed by atoms with Gasteiger partial charge in [-0.15, -0.1) is 0 Å². The van der Waals surface area contributed by atoms with Crippen LogP contribution in [-0.2, 0) is 0 Å². The number of fused-ring (bicyclic) bond motifs is 1. The third-order valence-electron chi connectivity index (χ3n) is 1.71. The van der Waals surface area contributed by atoms with Gasteiger partial charge < -0.3 is 4.98 Å². The zero-order valence-electron chi connectivity index (χ0n) is 6.64. The van der Waals surface area contributed by atoms with Gasteiger partial charge in [-0.1, -0.05) is 11.6 Å². The Labute approximate surface area is 81.3 Å². The first kappa shape index (κ1) is 9.08. The van der Waals surface area contributed by atoms with Crippen LogP contribution in [0.5, 0.6) is 0 Å². The number of nitrogens with zero attached hydrogens (tertiary/aromatic N) is 1. The van der Waals surface area contributed by atoms with E-state index in [4.69, 9.17) is 11.6 Å². The van der Waals surface area contributed by atoms with Crippen LogP contribution in [-0.4, -0.2) is 9.97 Å². The van der Waals surface area contributed by atoms with Crippen LogP contribution in [0.15, 0.2) is 16.9 Å². The monoisotopic (exact) mass is 216 g/mol. The minimum atomic E-state index is -0.748. The fourth-order valence-electron chi connectivity index (χ4n) is 1.08. The lowest BCUT2D eigenvalue weighted by atomic mass is 10.3. The van der Waals surface area contributed by atoms with Crippen molar-refractivity contribution >= 4 is 22.6 Å². The third-order valence-corrected chi connectivity index (χ3v) is 1.97. The van der Waals surface area contributed by atoms with Crippen LogP contribution < -0.4 is 5.56 Å². The Morgan fingerprint density at radius 1 is 1.29 bits per heavy atom. The van der Waals surface area contributed by atoms with E-state index in [0.29, 0.717) is 0 Å². The van der Waals surface area contributed by atoms with E-state index >= 15 is 0 Å². The molecule has 0 saturated heterocycles. The molecule has 2 rings (SSSR count). The Morgan fingerprint density at radius 2 is 1.93 bits per heavy atom. The average Bonchev–Trinajstić information content (AvgIpc) is 2.15. The Kier molecular flexibility index (Phi) is 1.96. The van der Waals surface area contributed by atoms with Crippen LogP contribution in [0.1, 0.15) is 0 Å². The van der Waals surface area contributed by atoms with Gasteiger partial charge in [0.2, 0.25) is 0 Å². The molecule has 0 unspecified atom stereocenters. The molecule has 0 atom stereocenters. The number of rotatable bonds is 0. The standard InChI is InChI=1S/C8H3ClF2N2O/c9-7-8(14)13-6-4(11)2-1-3(10)5(6)12-7/h1-2H,(H,13,14). The van der Waals surface area contributed by atoms with Gasteiger partial charge >= 0.3 is 0 Å². The summed E-state index contributed by atoms with van der Waals surface area (Å²) >= 11 is 5.37. The summed E-state index contributed by atoms with van der Waals surface area (Å²) in [6, 6.07) is 1.82. The molecule has 2 aromatic rings. The molecule has 3 nitrogen and oxygen atoms in total. The third kappa shape index (κ3) is 1.26. The topological polar surface area (TPSA) is 45.8 Å². The van der Waals surface area contributed by atoms with Gasteiger partial charge in [-0.2, -0.15) is 0 Å². The van der Waals surface area contributed by atoms with Gasteiger partial charge in [0.25, 0.3) is 5.56 Å². The maximum absolute atomic E-state index is 13.1. The minimum absolute atomic E-state index is 0.278. The fourth-order valence-corrected chi connectivity index (χ4v) is 1.22. The normalized spacial score (nSPS) is 10.8. The Hall–Kier alpha value is -1.49. The molecular weight excluding hydrogens is 214 g/mol. The lowest BCUT2D eigenvalue weighted by Gasteiger charge is -1.99. The van der Waals surface area contributed by atoms with Crippen molar-refractivity contribution in [2.45, 2.75) is 0 Å². The summed E-state index contributed by atoms with van der Waals surface area (Å²) in [7, 11) is 0. The Bertz CT molecular complexity index is 567. The van der Waals surface area contributed by atoms with Crippen LogP contribution in [0, 0.1) is 11.6 Å². The predicted octanol–water partition coefficient (Wildman–Crippen LogP) is 1.85. The van der Waals surface area contributed by atoms with Crippen LogP contribution in [0.2, 0.25) is 5.15 Å². The van der Waals surface area contributed by atoms with Crippen molar-refractivity contribution in [1.29, 1.82) is 0 Å². The maximum atomic E-state index is 13.1. The molecule has 0 aliphatic rings. The zero-order chi connectivity index (χ0) is 10.3. The second kappa shape index (κ2) is 3.02. The second-order valence-electron chi connectivity index (χ2n) is 2.61. The highest BCUT2D eigenvalue weighted by molar-refractivity contribution is 6.29. The molecule has 0 bridgehead atoms. The SMILES string of the molecule is O=c1[nH]c2c(F)ccc(F)c2nc1Cl. The first-order valence-corrected chi connectivity index (χ1v) is 4.01. The van der Waals surface area contributed by atoms with E-state index in [9.17, 15) is 13.6 Å². The quantitative estimate of drug-likeness (QED) is 0.731. The number of hydrogen-bond donors (Lipinski definition) is 1. The molecule has 72 valence electrons. The summed E-state index contributed by atoms with van der Waals surface area (Å²) in [4.78, 5) is 16.5. The predicted molar refractivity (Wildman–Crippen MR) is 47.3 cm³/mol.